The van der Waals surface area contributed by atoms with Crippen molar-refractivity contribution in [3.63, 3.8) is 0 Å². The highest BCUT2D eigenvalue weighted by Crippen LogP contribution is 2.53. The third-order valence-corrected chi connectivity index (χ3v) is 3.78. The molecule has 1 aromatic heterocycles. The first kappa shape index (κ1) is 14.4. The largest absolute Gasteiger partial charge is 0.425 e. The van der Waals surface area contributed by atoms with E-state index in [4.69, 9.17) is 13.5 Å². The number of nitrogens with zero attached hydrogens (tertiary/aromatic N) is 2. The summed E-state index contributed by atoms with van der Waals surface area (Å²) in [5, 5.41) is 7.48. The van der Waals surface area contributed by atoms with Crippen molar-refractivity contribution in [2.75, 3.05) is 0 Å². The normalized spacial score (nSPS) is 12.6. The fourth-order valence-electron chi connectivity index (χ4n) is 1.31. The molecule has 0 aliphatic heterocycles. The van der Waals surface area contributed by atoms with Crippen LogP contribution in [0.15, 0.2) is 4.42 Å². The standard InChI is InChI=1S/C10H19N2O4P/c1-7(2)15-17(13,16-8(3)4)6-10-12-11-9(5)14-10/h7-8H,6H2,1-5H3. The first-order valence-electron chi connectivity index (χ1n) is 5.55. The minimum absolute atomic E-state index is 0.00417. The van der Waals surface area contributed by atoms with Crippen molar-refractivity contribution in [3.05, 3.63) is 11.8 Å². The van der Waals surface area contributed by atoms with E-state index in [0.29, 0.717) is 5.89 Å². The Bertz CT molecular complexity index is 389. The van der Waals surface area contributed by atoms with Gasteiger partial charge in [0.15, 0.2) is 0 Å². The first-order chi connectivity index (χ1) is 7.81. The number of aromatic nitrogens is 2. The molecule has 0 unspecified atom stereocenters. The molecule has 1 rings (SSSR count). The van der Waals surface area contributed by atoms with Crippen LogP contribution in [0.1, 0.15) is 39.5 Å². The van der Waals surface area contributed by atoms with Crippen molar-refractivity contribution in [2.24, 2.45) is 0 Å². The minimum Gasteiger partial charge on any atom is -0.425 e. The van der Waals surface area contributed by atoms with Gasteiger partial charge in [-0.1, -0.05) is 0 Å². The monoisotopic (exact) mass is 262 g/mol. The van der Waals surface area contributed by atoms with Crippen molar-refractivity contribution in [1.29, 1.82) is 0 Å². The van der Waals surface area contributed by atoms with E-state index in [1.807, 2.05) is 0 Å². The van der Waals surface area contributed by atoms with Crippen LogP contribution in [0.2, 0.25) is 0 Å². The van der Waals surface area contributed by atoms with Crippen LogP contribution in [0.5, 0.6) is 0 Å². The maximum Gasteiger partial charge on any atom is 0.340 e. The van der Waals surface area contributed by atoms with Crippen LogP contribution >= 0.6 is 7.60 Å². The van der Waals surface area contributed by atoms with Gasteiger partial charge in [0.1, 0.15) is 6.16 Å². The van der Waals surface area contributed by atoms with Crippen LogP contribution < -0.4 is 0 Å². The summed E-state index contributed by atoms with van der Waals surface area (Å²) in [6, 6.07) is 0. The molecule has 0 radical (unpaired) electrons. The Hall–Kier alpha value is -0.710. The lowest BCUT2D eigenvalue weighted by molar-refractivity contribution is 0.140. The molecule has 0 fully saturated rings. The second-order valence-corrected chi connectivity index (χ2v) is 6.25. The molecule has 0 bridgehead atoms. The third kappa shape index (κ3) is 4.98. The van der Waals surface area contributed by atoms with Gasteiger partial charge < -0.3 is 13.5 Å². The molecule has 1 aromatic rings. The van der Waals surface area contributed by atoms with Crippen molar-refractivity contribution in [3.8, 4) is 0 Å². The van der Waals surface area contributed by atoms with Crippen LogP contribution in [-0.4, -0.2) is 22.4 Å². The third-order valence-electron chi connectivity index (χ3n) is 1.64. The van der Waals surface area contributed by atoms with Gasteiger partial charge in [0.05, 0.1) is 12.2 Å². The minimum atomic E-state index is -3.24. The highest BCUT2D eigenvalue weighted by atomic mass is 31.2. The number of hydrogen-bond donors (Lipinski definition) is 0. The van der Waals surface area contributed by atoms with Crippen LogP contribution in [-0.2, 0) is 19.8 Å². The fraction of sp³-hybridized carbons (Fsp3) is 0.800. The average molecular weight is 262 g/mol. The molecule has 0 spiro atoms. The Kier molecular flexibility index (Phi) is 4.86. The van der Waals surface area contributed by atoms with Gasteiger partial charge in [-0.05, 0) is 27.7 Å². The van der Waals surface area contributed by atoms with Gasteiger partial charge in [0.25, 0.3) is 0 Å². The van der Waals surface area contributed by atoms with Crippen LogP contribution in [0.4, 0.5) is 0 Å². The first-order valence-corrected chi connectivity index (χ1v) is 7.28. The van der Waals surface area contributed by atoms with Gasteiger partial charge in [-0.3, -0.25) is 4.57 Å². The predicted octanol–water partition coefficient (Wildman–Crippen LogP) is 2.92. The SMILES string of the molecule is Cc1nnc(CP(=O)(OC(C)C)OC(C)C)o1. The lowest BCUT2D eigenvalue weighted by Gasteiger charge is -2.21. The molecule has 0 N–H and O–H groups in total. The summed E-state index contributed by atoms with van der Waals surface area (Å²) in [5.74, 6) is 0.702. The van der Waals surface area contributed by atoms with Crippen molar-refractivity contribution < 1.29 is 18.0 Å². The maximum absolute atomic E-state index is 12.4. The summed E-state index contributed by atoms with van der Waals surface area (Å²) in [6.45, 7) is 8.88. The van der Waals surface area contributed by atoms with E-state index in [0.717, 1.165) is 0 Å². The predicted molar refractivity (Wildman–Crippen MR) is 62.8 cm³/mol. The van der Waals surface area contributed by atoms with Gasteiger partial charge in [-0.25, -0.2) is 0 Å². The Morgan fingerprint density at radius 2 is 1.71 bits per heavy atom. The summed E-state index contributed by atoms with van der Waals surface area (Å²) < 4.78 is 28.4. The molecule has 0 atom stereocenters. The van der Waals surface area contributed by atoms with Gasteiger partial charge in [-0.2, -0.15) is 0 Å². The molecule has 1 heterocycles. The lowest BCUT2D eigenvalue weighted by Crippen LogP contribution is -2.09. The molecule has 0 saturated heterocycles. The molecule has 0 aliphatic rings. The molecule has 7 heteroatoms. The number of hydrogen-bond acceptors (Lipinski definition) is 6. The van der Waals surface area contributed by atoms with Crippen molar-refractivity contribution in [2.45, 2.75) is 53.0 Å². The Labute approximate surface area is 101 Å². The van der Waals surface area contributed by atoms with E-state index < -0.39 is 7.60 Å². The molecule has 0 aliphatic carbocycles. The summed E-state index contributed by atoms with van der Waals surface area (Å²) >= 11 is 0. The molecule has 0 saturated carbocycles. The van der Waals surface area contributed by atoms with E-state index in [1.165, 1.54) is 0 Å². The summed E-state index contributed by atoms with van der Waals surface area (Å²) in [6.07, 6.45) is -0.378. The summed E-state index contributed by atoms with van der Waals surface area (Å²) in [5.41, 5.74) is 0. The van der Waals surface area contributed by atoms with Crippen LogP contribution in [0.3, 0.4) is 0 Å². The molecular weight excluding hydrogens is 243 g/mol. The molecular formula is C10H19N2O4P. The van der Waals surface area contributed by atoms with E-state index in [9.17, 15) is 4.57 Å². The van der Waals surface area contributed by atoms with Gasteiger partial charge in [0.2, 0.25) is 11.8 Å². The molecule has 0 aromatic carbocycles. The van der Waals surface area contributed by atoms with Crippen molar-refractivity contribution in [1.82, 2.24) is 10.2 Å². The molecule has 98 valence electrons. The van der Waals surface area contributed by atoms with E-state index >= 15 is 0 Å². The topological polar surface area (TPSA) is 74.5 Å². The Morgan fingerprint density at radius 3 is 2.06 bits per heavy atom. The Balaban J connectivity index is 2.79. The number of aryl methyl sites for hydroxylation is 1. The average Bonchev–Trinajstić information content (AvgIpc) is 2.46. The van der Waals surface area contributed by atoms with E-state index in [2.05, 4.69) is 10.2 Å². The quantitative estimate of drug-likeness (QED) is 0.734. The second-order valence-electron chi connectivity index (χ2n) is 4.29. The van der Waals surface area contributed by atoms with E-state index in [1.54, 1.807) is 34.6 Å². The fourth-order valence-corrected chi connectivity index (χ4v) is 3.25. The zero-order valence-corrected chi connectivity index (χ0v) is 11.7. The zero-order valence-electron chi connectivity index (χ0n) is 10.8. The number of rotatable bonds is 6. The second kappa shape index (κ2) is 5.76. The Morgan fingerprint density at radius 1 is 1.18 bits per heavy atom. The van der Waals surface area contributed by atoms with Crippen LogP contribution in [0.25, 0.3) is 0 Å². The highest BCUT2D eigenvalue weighted by molar-refractivity contribution is 7.53. The maximum atomic E-state index is 12.4. The molecule has 0 amide bonds. The molecule has 6 nitrogen and oxygen atoms in total. The van der Waals surface area contributed by atoms with Gasteiger partial charge >= 0.3 is 7.60 Å². The smallest absolute Gasteiger partial charge is 0.340 e. The van der Waals surface area contributed by atoms with Gasteiger partial charge in [-0.15, -0.1) is 10.2 Å². The van der Waals surface area contributed by atoms with E-state index in [-0.39, 0.29) is 24.3 Å². The zero-order chi connectivity index (χ0) is 13.1. The lowest BCUT2D eigenvalue weighted by atomic mass is 10.5. The van der Waals surface area contributed by atoms with Crippen LogP contribution in [0, 0.1) is 6.92 Å². The summed E-state index contributed by atoms with van der Waals surface area (Å²) in [4.78, 5) is 0. The van der Waals surface area contributed by atoms with Gasteiger partial charge in [0, 0.05) is 6.92 Å². The van der Waals surface area contributed by atoms with Crippen molar-refractivity contribution >= 4 is 7.60 Å². The highest BCUT2D eigenvalue weighted by Gasteiger charge is 2.30. The summed E-state index contributed by atoms with van der Waals surface area (Å²) in [7, 11) is -3.24. The molecule has 17 heavy (non-hydrogen) atoms.